The van der Waals surface area contributed by atoms with Crippen LogP contribution in [0.2, 0.25) is 0 Å². The zero-order valence-corrected chi connectivity index (χ0v) is 9.58. The van der Waals surface area contributed by atoms with Crippen molar-refractivity contribution >= 4 is 11.9 Å². The number of carboxylic acid groups (broad SMARTS) is 1. The van der Waals surface area contributed by atoms with E-state index in [4.69, 9.17) is 4.74 Å². The fourth-order valence-corrected chi connectivity index (χ4v) is 3.08. The first-order chi connectivity index (χ1) is 7.55. The quantitative estimate of drug-likeness (QED) is 0.661. The van der Waals surface area contributed by atoms with Gasteiger partial charge in [-0.25, -0.2) is 0 Å². The maximum atomic E-state index is 11.9. The van der Waals surface area contributed by atoms with E-state index in [1.54, 1.807) is 6.92 Å². The highest BCUT2D eigenvalue weighted by atomic mass is 16.5. The van der Waals surface area contributed by atoms with Crippen molar-refractivity contribution in [3.05, 3.63) is 0 Å². The van der Waals surface area contributed by atoms with Crippen LogP contribution in [0.4, 0.5) is 0 Å². The van der Waals surface area contributed by atoms with E-state index in [1.807, 2.05) is 0 Å². The first-order valence-corrected chi connectivity index (χ1v) is 5.93. The molecule has 3 fully saturated rings. The molecule has 3 rings (SSSR count). The second kappa shape index (κ2) is 3.75. The molecule has 0 aromatic heterocycles. The molecule has 0 amide bonds. The smallest absolute Gasteiger partial charge is 0.312 e. The summed E-state index contributed by atoms with van der Waals surface area (Å²) in [6, 6.07) is 0. The summed E-state index contributed by atoms with van der Waals surface area (Å²) in [7, 11) is 0. The van der Waals surface area contributed by atoms with E-state index in [-0.39, 0.29) is 5.97 Å². The molecule has 0 atom stereocenters. The Hall–Kier alpha value is -1.06. The van der Waals surface area contributed by atoms with Crippen molar-refractivity contribution in [2.75, 3.05) is 6.61 Å². The van der Waals surface area contributed by atoms with Crippen LogP contribution in [0.3, 0.4) is 0 Å². The number of ether oxygens (including phenoxy) is 1. The van der Waals surface area contributed by atoms with Crippen molar-refractivity contribution in [2.45, 2.75) is 45.4 Å². The van der Waals surface area contributed by atoms with E-state index in [9.17, 15) is 14.7 Å². The van der Waals surface area contributed by atoms with Crippen molar-refractivity contribution in [3.63, 3.8) is 0 Å². The third-order valence-corrected chi connectivity index (χ3v) is 4.39. The Bertz CT molecular complexity index is 296. The molecule has 3 saturated carbocycles. The molecule has 0 aromatic rings. The van der Waals surface area contributed by atoms with Crippen LogP contribution < -0.4 is 5.11 Å². The van der Waals surface area contributed by atoms with Crippen molar-refractivity contribution in [3.8, 4) is 0 Å². The van der Waals surface area contributed by atoms with Crippen LogP contribution in [0.5, 0.6) is 0 Å². The first-order valence-electron chi connectivity index (χ1n) is 5.93. The van der Waals surface area contributed by atoms with Crippen LogP contribution in [0.25, 0.3) is 0 Å². The van der Waals surface area contributed by atoms with Gasteiger partial charge in [-0.2, -0.15) is 0 Å². The Labute approximate surface area is 95.0 Å². The number of hydrogen-bond donors (Lipinski definition) is 0. The number of fused-ring (bicyclic) bond motifs is 3. The number of aliphatic carboxylic acids is 1. The molecule has 0 N–H and O–H groups in total. The molecule has 0 aromatic carbocycles. The van der Waals surface area contributed by atoms with Crippen LogP contribution in [-0.4, -0.2) is 18.5 Å². The zero-order valence-electron chi connectivity index (χ0n) is 9.58. The Morgan fingerprint density at radius 3 is 1.88 bits per heavy atom. The second-order valence-corrected chi connectivity index (χ2v) is 5.07. The summed E-state index contributed by atoms with van der Waals surface area (Å²) < 4.78 is 5.09. The summed E-state index contributed by atoms with van der Waals surface area (Å²) in [6.45, 7) is 2.19. The first kappa shape index (κ1) is 11.4. The standard InChI is InChI=1S/C12H18O4/c1-2-16-10(15)12-6-3-11(4-7-12,5-8-12)9(13)14/h2-8H2,1H3,(H,13,14)/p-1. The minimum Gasteiger partial charge on any atom is -0.550 e. The molecular formula is C12H17O4-. The van der Waals surface area contributed by atoms with E-state index in [0.717, 1.165) is 0 Å². The Kier molecular flexibility index (Phi) is 2.68. The third-order valence-electron chi connectivity index (χ3n) is 4.39. The van der Waals surface area contributed by atoms with Crippen molar-refractivity contribution in [1.82, 2.24) is 0 Å². The Morgan fingerprint density at radius 2 is 1.50 bits per heavy atom. The van der Waals surface area contributed by atoms with Gasteiger partial charge in [0.2, 0.25) is 0 Å². The van der Waals surface area contributed by atoms with Crippen LogP contribution in [0, 0.1) is 10.8 Å². The highest BCUT2D eigenvalue weighted by Gasteiger charge is 2.53. The molecule has 0 heterocycles. The molecule has 0 saturated heterocycles. The summed E-state index contributed by atoms with van der Waals surface area (Å²) in [5.41, 5.74) is -1.05. The summed E-state index contributed by atoms with van der Waals surface area (Å²) in [4.78, 5) is 23.0. The van der Waals surface area contributed by atoms with Crippen molar-refractivity contribution in [2.24, 2.45) is 10.8 Å². The van der Waals surface area contributed by atoms with Crippen LogP contribution in [-0.2, 0) is 14.3 Å². The Balaban J connectivity index is 2.11. The van der Waals surface area contributed by atoms with Gasteiger partial charge in [-0.3, -0.25) is 4.79 Å². The summed E-state index contributed by atoms with van der Waals surface area (Å²) in [6.07, 6.45) is 3.61. The lowest BCUT2D eigenvalue weighted by atomic mass is 9.54. The van der Waals surface area contributed by atoms with Gasteiger partial charge in [-0.15, -0.1) is 0 Å². The summed E-state index contributed by atoms with van der Waals surface area (Å²) >= 11 is 0. The van der Waals surface area contributed by atoms with Gasteiger partial charge >= 0.3 is 5.97 Å². The average Bonchev–Trinajstić information content (AvgIpc) is 2.31. The minimum atomic E-state index is -0.940. The molecule has 3 aliphatic rings. The lowest BCUT2D eigenvalue weighted by Gasteiger charge is -2.52. The monoisotopic (exact) mass is 225 g/mol. The number of carboxylic acids is 1. The van der Waals surface area contributed by atoms with Crippen LogP contribution >= 0.6 is 0 Å². The molecule has 0 aliphatic heterocycles. The van der Waals surface area contributed by atoms with Gasteiger partial charge in [0.15, 0.2) is 0 Å². The van der Waals surface area contributed by atoms with Gasteiger partial charge in [0.1, 0.15) is 0 Å². The van der Waals surface area contributed by atoms with E-state index in [2.05, 4.69) is 0 Å². The highest BCUT2D eigenvalue weighted by molar-refractivity contribution is 5.80. The van der Waals surface area contributed by atoms with Crippen molar-refractivity contribution < 1.29 is 19.4 Å². The molecule has 0 unspecified atom stereocenters. The largest absolute Gasteiger partial charge is 0.550 e. The molecule has 16 heavy (non-hydrogen) atoms. The van der Waals surface area contributed by atoms with Crippen LogP contribution in [0.15, 0.2) is 0 Å². The molecule has 4 nitrogen and oxygen atoms in total. The predicted octanol–water partition coefficient (Wildman–Crippen LogP) is 0.640. The molecule has 0 spiro atoms. The molecular weight excluding hydrogens is 208 g/mol. The maximum absolute atomic E-state index is 11.9. The van der Waals surface area contributed by atoms with Gasteiger partial charge < -0.3 is 14.6 Å². The van der Waals surface area contributed by atoms with Gasteiger partial charge in [0, 0.05) is 11.4 Å². The lowest BCUT2D eigenvalue weighted by Crippen LogP contribution is -2.53. The lowest BCUT2D eigenvalue weighted by molar-refractivity contribution is -0.324. The number of rotatable bonds is 3. The summed E-state index contributed by atoms with van der Waals surface area (Å²) in [5, 5.41) is 11.1. The number of esters is 1. The predicted molar refractivity (Wildman–Crippen MR) is 54.2 cm³/mol. The number of carbonyl (C=O) groups is 2. The van der Waals surface area contributed by atoms with Crippen molar-refractivity contribution in [1.29, 1.82) is 0 Å². The fourth-order valence-electron chi connectivity index (χ4n) is 3.08. The third kappa shape index (κ3) is 1.51. The minimum absolute atomic E-state index is 0.137. The molecule has 4 heteroatoms. The van der Waals surface area contributed by atoms with E-state index < -0.39 is 16.8 Å². The van der Waals surface area contributed by atoms with E-state index in [0.29, 0.717) is 45.1 Å². The SMILES string of the molecule is CCOC(=O)C12CCC(C(=O)[O-])(CC1)CC2. The topological polar surface area (TPSA) is 66.4 Å². The maximum Gasteiger partial charge on any atom is 0.312 e. The van der Waals surface area contributed by atoms with Gasteiger partial charge in [-0.1, -0.05) is 0 Å². The van der Waals surface area contributed by atoms with Crippen LogP contribution in [0.1, 0.15) is 45.4 Å². The van der Waals surface area contributed by atoms with E-state index >= 15 is 0 Å². The molecule has 90 valence electrons. The highest BCUT2D eigenvalue weighted by Crippen LogP contribution is 2.57. The summed E-state index contributed by atoms with van der Waals surface area (Å²) in [5.74, 6) is -1.08. The second-order valence-electron chi connectivity index (χ2n) is 5.07. The van der Waals surface area contributed by atoms with Gasteiger partial charge in [-0.05, 0) is 45.4 Å². The van der Waals surface area contributed by atoms with Gasteiger partial charge in [0.05, 0.1) is 12.0 Å². The molecule has 0 radical (unpaired) electrons. The fraction of sp³-hybridized carbons (Fsp3) is 0.833. The number of hydrogen-bond acceptors (Lipinski definition) is 4. The molecule has 2 bridgehead atoms. The average molecular weight is 225 g/mol. The Morgan fingerprint density at radius 1 is 1.06 bits per heavy atom. The molecule has 3 aliphatic carbocycles. The van der Waals surface area contributed by atoms with E-state index in [1.165, 1.54) is 0 Å². The normalized spacial score (nSPS) is 37.1. The number of carbonyl (C=O) groups excluding carboxylic acids is 2. The zero-order chi connectivity index (χ0) is 11.8. The van der Waals surface area contributed by atoms with Gasteiger partial charge in [0.25, 0.3) is 0 Å².